The van der Waals surface area contributed by atoms with Gasteiger partial charge in [0.2, 0.25) is 0 Å². The third-order valence-corrected chi connectivity index (χ3v) is 4.97. The molecule has 0 aromatic rings. The van der Waals surface area contributed by atoms with Gasteiger partial charge in [-0.2, -0.15) is 0 Å². The van der Waals surface area contributed by atoms with Gasteiger partial charge in [-0.1, -0.05) is 27.7 Å². The minimum absolute atomic E-state index is 0.385. The summed E-state index contributed by atoms with van der Waals surface area (Å²) in [5.74, 6) is 0.787. The average Bonchev–Trinajstić information content (AvgIpc) is 2.37. The molecule has 3 nitrogen and oxygen atoms in total. The minimum atomic E-state index is 0.385. The Balaban J connectivity index is 1.73. The van der Waals surface area contributed by atoms with E-state index in [0.29, 0.717) is 17.6 Å². The number of nitrogens with zero attached hydrogens (tertiary/aromatic N) is 1. The van der Waals surface area contributed by atoms with Crippen LogP contribution in [0.4, 0.5) is 0 Å². The van der Waals surface area contributed by atoms with E-state index in [4.69, 9.17) is 4.74 Å². The molecule has 1 N–H and O–H groups in total. The van der Waals surface area contributed by atoms with E-state index in [9.17, 15) is 0 Å². The highest BCUT2D eigenvalue weighted by atomic mass is 16.5. The fourth-order valence-electron chi connectivity index (χ4n) is 3.72. The molecule has 0 spiro atoms. The zero-order valence-electron chi connectivity index (χ0n) is 13.2. The van der Waals surface area contributed by atoms with Crippen molar-refractivity contribution >= 4 is 0 Å². The fraction of sp³-hybridized carbons (Fsp3) is 1.00. The molecule has 0 aromatic carbocycles. The molecule has 1 aliphatic carbocycles. The summed E-state index contributed by atoms with van der Waals surface area (Å²) in [7, 11) is 0. The third-order valence-electron chi connectivity index (χ3n) is 4.97. The van der Waals surface area contributed by atoms with Crippen molar-refractivity contribution in [1.29, 1.82) is 0 Å². The molecule has 2 rings (SSSR count). The van der Waals surface area contributed by atoms with Gasteiger partial charge in [-0.15, -0.1) is 0 Å². The molecule has 3 unspecified atom stereocenters. The zero-order valence-corrected chi connectivity index (χ0v) is 13.2. The van der Waals surface area contributed by atoms with Crippen LogP contribution in [0.15, 0.2) is 0 Å². The number of likely N-dealkylation sites (N-methyl/N-ethyl adjacent to an activating group) is 1. The van der Waals surface area contributed by atoms with Gasteiger partial charge in [0.15, 0.2) is 0 Å². The van der Waals surface area contributed by atoms with Gasteiger partial charge in [-0.25, -0.2) is 0 Å². The summed E-state index contributed by atoms with van der Waals surface area (Å²) in [5, 5.41) is 3.77. The summed E-state index contributed by atoms with van der Waals surface area (Å²) >= 11 is 0. The average molecular weight is 268 g/mol. The van der Waals surface area contributed by atoms with Gasteiger partial charge >= 0.3 is 0 Å². The van der Waals surface area contributed by atoms with Gasteiger partial charge in [-0.05, 0) is 37.1 Å². The van der Waals surface area contributed by atoms with Gasteiger partial charge in [-0.3, -0.25) is 4.90 Å². The van der Waals surface area contributed by atoms with E-state index in [1.807, 2.05) is 0 Å². The highest BCUT2D eigenvalue weighted by molar-refractivity contribution is 4.87. The largest absolute Gasteiger partial charge is 0.374 e. The van der Waals surface area contributed by atoms with E-state index in [0.717, 1.165) is 38.7 Å². The van der Waals surface area contributed by atoms with Gasteiger partial charge in [0.05, 0.1) is 12.7 Å². The SMILES string of the molecule is CCN1CCOC(CNC2CCC(C)(C)CC2C)C1. The molecule has 1 saturated carbocycles. The van der Waals surface area contributed by atoms with Crippen LogP contribution in [0, 0.1) is 11.3 Å². The van der Waals surface area contributed by atoms with Crippen molar-refractivity contribution < 1.29 is 4.74 Å². The van der Waals surface area contributed by atoms with Gasteiger partial charge < -0.3 is 10.1 Å². The first-order chi connectivity index (χ1) is 9.00. The number of hydrogen-bond donors (Lipinski definition) is 1. The monoisotopic (exact) mass is 268 g/mol. The van der Waals surface area contributed by atoms with Crippen LogP contribution in [0.2, 0.25) is 0 Å². The summed E-state index contributed by atoms with van der Waals surface area (Å²) < 4.78 is 5.87. The quantitative estimate of drug-likeness (QED) is 0.848. The molecule has 112 valence electrons. The molecule has 0 aromatic heterocycles. The predicted octanol–water partition coefficient (Wildman–Crippen LogP) is 2.51. The molecule has 1 saturated heterocycles. The summed E-state index contributed by atoms with van der Waals surface area (Å²) in [6, 6.07) is 0.689. The molecule has 0 radical (unpaired) electrons. The predicted molar refractivity (Wildman–Crippen MR) is 80.4 cm³/mol. The Hall–Kier alpha value is -0.120. The number of rotatable bonds is 4. The fourth-order valence-corrected chi connectivity index (χ4v) is 3.72. The Morgan fingerprint density at radius 2 is 2.16 bits per heavy atom. The normalized spacial score (nSPS) is 36.3. The van der Waals surface area contributed by atoms with E-state index >= 15 is 0 Å². The van der Waals surface area contributed by atoms with Gasteiger partial charge in [0.25, 0.3) is 0 Å². The second-order valence-corrected chi connectivity index (χ2v) is 7.29. The maximum absolute atomic E-state index is 5.87. The molecular weight excluding hydrogens is 236 g/mol. The first-order valence-electron chi connectivity index (χ1n) is 8.07. The van der Waals surface area contributed by atoms with E-state index in [2.05, 4.69) is 37.9 Å². The smallest absolute Gasteiger partial charge is 0.0826 e. The lowest BCUT2D eigenvalue weighted by Gasteiger charge is -2.40. The summed E-state index contributed by atoms with van der Waals surface area (Å²) in [6.45, 7) is 14.7. The zero-order chi connectivity index (χ0) is 13.9. The Morgan fingerprint density at radius 3 is 2.84 bits per heavy atom. The topological polar surface area (TPSA) is 24.5 Å². The van der Waals surface area contributed by atoms with Crippen molar-refractivity contribution in [2.75, 3.05) is 32.8 Å². The van der Waals surface area contributed by atoms with E-state index < -0.39 is 0 Å². The molecular formula is C16H32N2O. The van der Waals surface area contributed by atoms with E-state index in [-0.39, 0.29) is 0 Å². The van der Waals surface area contributed by atoms with Crippen LogP contribution in [0.1, 0.15) is 47.0 Å². The molecule has 3 heteroatoms. The molecule has 1 heterocycles. The lowest BCUT2D eigenvalue weighted by atomic mass is 9.70. The summed E-state index contributed by atoms with van der Waals surface area (Å²) in [6.07, 6.45) is 4.40. The highest BCUT2D eigenvalue weighted by Crippen LogP contribution is 2.38. The minimum Gasteiger partial charge on any atom is -0.374 e. The van der Waals surface area contributed by atoms with Crippen LogP contribution in [0.5, 0.6) is 0 Å². The van der Waals surface area contributed by atoms with Crippen molar-refractivity contribution in [3.8, 4) is 0 Å². The van der Waals surface area contributed by atoms with Crippen LogP contribution < -0.4 is 5.32 Å². The molecule has 0 amide bonds. The molecule has 2 fully saturated rings. The number of morpholine rings is 1. The van der Waals surface area contributed by atoms with Crippen LogP contribution in [0.25, 0.3) is 0 Å². The number of hydrogen-bond acceptors (Lipinski definition) is 3. The lowest BCUT2D eigenvalue weighted by Crippen LogP contribution is -2.50. The van der Waals surface area contributed by atoms with Crippen LogP contribution in [-0.4, -0.2) is 49.8 Å². The molecule has 0 bridgehead atoms. The maximum atomic E-state index is 5.87. The summed E-state index contributed by atoms with van der Waals surface area (Å²) in [5.41, 5.74) is 0.540. The maximum Gasteiger partial charge on any atom is 0.0826 e. The Morgan fingerprint density at radius 1 is 1.37 bits per heavy atom. The Bertz CT molecular complexity index is 280. The molecule has 1 aliphatic heterocycles. The van der Waals surface area contributed by atoms with E-state index in [1.54, 1.807) is 0 Å². The first kappa shape index (κ1) is 15.3. The molecule has 2 aliphatic rings. The Kier molecular flexibility index (Phi) is 5.27. The van der Waals surface area contributed by atoms with Crippen LogP contribution in [-0.2, 0) is 4.74 Å². The number of nitrogens with one attached hydrogen (secondary N) is 1. The standard InChI is InChI=1S/C16H32N2O/c1-5-18-8-9-19-14(12-18)11-17-15-6-7-16(3,4)10-13(15)2/h13-15,17H,5-12H2,1-4H3. The van der Waals surface area contributed by atoms with Crippen molar-refractivity contribution in [3.05, 3.63) is 0 Å². The summed E-state index contributed by atoms with van der Waals surface area (Å²) in [4.78, 5) is 2.49. The van der Waals surface area contributed by atoms with Crippen LogP contribution >= 0.6 is 0 Å². The van der Waals surface area contributed by atoms with E-state index in [1.165, 1.54) is 19.3 Å². The van der Waals surface area contributed by atoms with Crippen LogP contribution in [0.3, 0.4) is 0 Å². The first-order valence-corrected chi connectivity index (χ1v) is 8.07. The van der Waals surface area contributed by atoms with Crippen molar-refractivity contribution in [2.24, 2.45) is 11.3 Å². The molecule has 19 heavy (non-hydrogen) atoms. The van der Waals surface area contributed by atoms with Crippen molar-refractivity contribution in [2.45, 2.75) is 59.1 Å². The van der Waals surface area contributed by atoms with Crippen molar-refractivity contribution in [1.82, 2.24) is 10.2 Å². The number of ether oxygens (including phenoxy) is 1. The third kappa shape index (κ3) is 4.44. The molecule has 3 atom stereocenters. The highest BCUT2D eigenvalue weighted by Gasteiger charge is 2.32. The van der Waals surface area contributed by atoms with Crippen molar-refractivity contribution in [3.63, 3.8) is 0 Å². The van der Waals surface area contributed by atoms with Gasteiger partial charge in [0, 0.05) is 25.7 Å². The second kappa shape index (κ2) is 6.55. The second-order valence-electron chi connectivity index (χ2n) is 7.29. The van der Waals surface area contributed by atoms with Gasteiger partial charge in [0.1, 0.15) is 0 Å². The lowest BCUT2D eigenvalue weighted by molar-refractivity contribution is -0.0283. The Labute approximate surface area is 119 Å².